The molecule has 0 aromatic heterocycles. The summed E-state index contributed by atoms with van der Waals surface area (Å²) in [5, 5.41) is 20.1. The van der Waals surface area contributed by atoms with Crippen LogP contribution in [0.3, 0.4) is 0 Å². The van der Waals surface area contributed by atoms with Gasteiger partial charge in [-0.2, -0.15) is 11.8 Å². The van der Waals surface area contributed by atoms with Crippen molar-refractivity contribution in [3.8, 4) is 0 Å². The summed E-state index contributed by atoms with van der Waals surface area (Å²) in [7, 11) is 0. The normalized spacial score (nSPS) is 37.3. The van der Waals surface area contributed by atoms with Gasteiger partial charge in [-0.3, -0.25) is 0 Å². The van der Waals surface area contributed by atoms with Crippen molar-refractivity contribution in [2.45, 2.75) is 24.9 Å². The fourth-order valence-corrected chi connectivity index (χ4v) is 4.06. The van der Waals surface area contributed by atoms with E-state index in [4.69, 9.17) is 4.74 Å². The van der Waals surface area contributed by atoms with Crippen molar-refractivity contribution in [3.05, 3.63) is 0 Å². The first-order valence-corrected chi connectivity index (χ1v) is 6.37. The molecule has 3 nitrogen and oxygen atoms in total. The number of hydrogen-bond donors (Lipinski definition) is 2. The van der Waals surface area contributed by atoms with Crippen LogP contribution in [-0.2, 0) is 4.74 Å². The van der Waals surface area contributed by atoms with Crippen LogP contribution >= 0.6 is 11.8 Å². The maximum atomic E-state index is 10.6. The Morgan fingerprint density at radius 3 is 2.43 bits per heavy atom. The van der Waals surface area contributed by atoms with E-state index in [2.05, 4.69) is 0 Å². The molecule has 2 saturated heterocycles. The molecule has 0 spiro atoms. The van der Waals surface area contributed by atoms with Crippen LogP contribution in [0.2, 0.25) is 0 Å². The third kappa shape index (κ3) is 1.58. The number of aliphatic hydroxyl groups is 2. The fourth-order valence-electron chi connectivity index (χ4n) is 2.49. The van der Waals surface area contributed by atoms with E-state index in [0.29, 0.717) is 26.1 Å². The van der Waals surface area contributed by atoms with Crippen molar-refractivity contribution in [2.75, 3.05) is 31.3 Å². The quantitative estimate of drug-likeness (QED) is 0.714. The second-order valence-corrected chi connectivity index (χ2v) is 5.49. The van der Waals surface area contributed by atoms with E-state index in [1.807, 2.05) is 11.8 Å². The van der Waals surface area contributed by atoms with E-state index in [1.165, 1.54) is 0 Å². The zero-order valence-electron chi connectivity index (χ0n) is 8.37. The van der Waals surface area contributed by atoms with Crippen LogP contribution in [-0.4, -0.2) is 47.1 Å². The van der Waals surface area contributed by atoms with Crippen LogP contribution in [0.25, 0.3) is 0 Å². The molecule has 1 unspecified atom stereocenters. The SMILES string of the molecule is OCC1(C2(O)CCOCC2)CCSC1. The molecule has 2 aliphatic heterocycles. The summed E-state index contributed by atoms with van der Waals surface area (Å²) in [6, 6.07) is 0. The molecule has 2 heterocycles. The minimum atomic E-state index is -0.691. The summed E-state index contributed by atoms with van der Waals surface area (Å²) in [5.74, 6) is 1.95. The summed E-state index contributed by atoms with van der Waals surface area (Å²) < 4.78 is 5.27. The van der Waals surface area contributed by atoms with E-state index in [-0.39, 0.29) is 12.0 Å². The molecule has 2 rings (SSSR count). The standard InChI is InChI=1S/C10H18O3S/c11-7-9(3-6-14-8-9)10(12)1-4-13-5-2-10/h11-12H,1-8H2. The summed E-state index contributed by atoms with van der Waals surface area (Å²) >= 11 is 1.84. The highest BCUT2D eigenvalue weighted by Crippen LogP contribution is 2.48. The van der Waals surface area contributed by atoms with Gasteiger partial charge in [-0.1, -0.05) is 0 Å². The highest BCUT2D eigenvalue weighted by molar-refractivity contribution is 7.99. The summed E-state index contributed by atoms with van der Waals surface area (Å²) in [6.07, 6.45) is 2.28. The van der Waals surface area contributed by atoms with Gasteiger partial charge in [-0.15, -0.1) is 0 Å². The van der Waals surface area contributed by atoms with Gasteiger partial charge in [0.05, 0.1) is 12.2 Å². The number of aliphatic hydroxyl groups excluding tert-OH is 1. The third-order valence-corrected chi connectivity index (χ3v) is 4.96. The van der Waals surface area contributed by atoms with E-state index in [1.54, 1.807) is 0 Å². The minimum absolute atomic E-state index is 0.108. The largest absolute Gasteiger partial charge is 0.396 e. The Morgan fingerprint density at radius 1 is 1.21 bits per heavy atom. The lowest BCUT2D eigenvalue weighted by Crippen LogP contribution is -2.54. The molecule has 82 valence electrons. The van der Waals surface area contributed by atoms with Crippen LogP contribution in [0.4, 0.5) is 0 Å². The summed E-state index contributed by atoms with van der Waals surface area (Å²) in [6.45, 7) is 1.36. The number of hydrogen-bond acceptors (Lipinski definition) is 4. The fraction of sp³-hybridized carbons (Fsp3) is 1.00. The first-order chi connectivity index (χ1) is 6.72. The molecule has 2 N–H and O–H groups in total. The Balaban J connectivity index is 2.15. The monoisotopic (exact) mass is 218 g/mol. The number of rotatable bonds is 2. The Kier molecular flexibility index (Phi) is 3.07. The lowest BCUT2D eigenvalue weighted by atomic mass is 9.68. The van der Waals surface area contributed by atoms with Crippen LogP contribution in [0.15, 0.2) is 0 Å². The Morgan fingerprint density at radius 2 is 1.93 bits per heavy atom. The molecule has 2 aliphatic rings. The van der Waals surface area contributed by atoms with Crippen molar-refractivity contribution in [1.82, 2.24) is 0 Å². The molecular weight excluding hydrogens is 200 g/mol. The van der Waals surface area contributed by atoms with E-state index >= 15 is 0 Å². The first-order valence-electron chi connectivity index (χ1n) is 5.21. The van der Waals surface area contributed by atoms with Gasteiger partial charge in [0.25, 0.3) is 0 Å². The zero-order valence-corrected chi connectivity index (χ0v) is 9.18. The molecule has 0 aromatic carbocycles. The van der Waals surface area contributed by atoms with Crippen LogP contribution in [0.5, 0.6) is 0 Å². The molecule has 0 saturated carbocycles. The van der Waals surface area contributed by atoms with Gasteiger partial charge in [0.2, 0.25) is 0 Å². The first kappa shape index (κ1) is 10.7. The minimum Gasteiger partial charge on any atom is -0.396 e. The van der Waals surface area contributed by atoms with E-state index < -0.39 is 5.60 Å². The maximum absolute atomic E-state index is 10.6. The number of thioether (sulfide) groups is 1. The van der Waals surface area contributed by atoms with Gasteiger partial charge in [0, 0.05) is 37.2 Å². The number of ether oxygens (including phenoxy) is 1. The lowest BCUT2D eigenvalue weighted by Gasteiger charge is -2.45. The molecule has 0 radical (unpaired) electrons. The molecule has 1 atom stereocenters. The predicted octanol–water partition coefficient (Wildman–Crippen LogP) is 0.643. The van der Waals surface area contributed by atoms with Gasteiger partial charge in [0.1, 0.15) is 0 Å². The Hall–Kier alpha value is 0.230. The predicted molar refractivity (Wildman–Crippen MR) is 56.5 cm³/mol. The van der Waals surface area contributed by atoms with Crippen molar-refractivity contribution in [2.24, 2.45) is 5.41 Å². The van der Waals surface area contributed by atoms with Crippen molar-refractivity contribution >= 4 is 11.8 Å². The van der Waals surface area contributed by atoms with Crippen LogP contribution in [0.1, 0.15) is 19.3 Å². The third-order valence-electron chi connectivity index (χ3n) is 3.71. The molecule has 0 aliphatic carbocycles. The molecule has 4 heteroatoms. The highest BCUT2D eigenvalue weighted by Gasteiger charge is 2.52. The molecular formula is C10H18O3S. The van der Waals surface area contributed by atoms with Gasteiger partial charge >= 0.3 is 0 Å². The second kappa shape index (κ2) is 4.00. The van der Waals surface area contributed by atoms with Gasteiger partial charge < -0.3 is 14.9 Å². The molecule has 14 heavy (non-hydrogen) atoms. The molecule has 0 amide bonds. The average molecular weight is 218 g/mol. The maximum Gasteiger partial charge on any atom is 0.0777 e. The lowest BCUT2D eigenvalue weighted by molar-refractivity contribution is -0.149. The van der Waals surface area contributed by atoms with Crippen LogP contribution < -0.4 is 0 Å². The van der Waals surface area contributed by atoms with Gasteiger partial charge in [-0.25, -0.2) is 0 Å². The van der Waals surface area contributed by atoms with E-state index in [9.17, 15) is 10.2 Å². The highest BCUT2D eigenvalue weighted by atomic mass is 32.2. The smallest absolute Gasteiger partial charge is 0.0777 e. The average Bonchev–Trinajstić information content (AvgIpc) is 2.68. The summed E-state index contributed by atoms with van der Waals surface area (Å²) in [4.78, 5) is 0. The second-order valence-electron chi connectivity index (χ2n) is 4.38. The topological polar surface area (TPSA) is 49.7 Å². The summed E-state index contributed by atoms with van der Waals surface area (Å²) in [5.41, 5.74) is -0.953. The van der Waals surface area contributed by atoms with Crippen LogP contribution in [0, 0.1) is 5.41 Å². The molecule has 0 bridgehead atoms. The molecule has 2 fully saturated rings. The van der Waals surface area contributed by atoms with Crippen molar-refractivity contribution < 1.29 is 14.9 Å². The Bertz CT molecular complexity index is 196. The zero-order chi connectivity index (χ0) is 10.1. The van der Waals surface area contributed by atoms with Crippen molar-refractivity contribution in [1.29, 1.82) is 0 Å². The Labute approximate surface area is 88.8 Å². The van der Waals surface area contributed by atoms with Crippen molar-refractivity contribution in [3.63, 3.8) is 0 Å². The molecule has 0 aromatic rings. The van der Waals surface area contributed by atoms with Gasteiger partial charge in [-0.05, 0) is 12.2 Å². The van der Waals surface area contributed by atoms with E-state index in [0.717, 1.165) is 17.9 Å². The van der Waals surface area contributed by atoms with Gasteiger partial charge in [0.15, 0.2) is 0 Å².